The zero-order valence-electron chi connectivity index (χ0n) is 16.3. The molecule has 0 spiro atoms. The number of carbonyl (C=O) groups is 1. The Labute approximate surface area is 167 Å². The molecule has 5 nitrogen and oxygen atoms in total. The van der Waals surface area contributed by atoms with Gasteiger partial charge in [-0.3, -0.25) is 9.48 Å². The first-order valence-electron chi connectivity index (χ1n) is 10.0. The van der Waals surface area contributed by atoms with Crippen LogP contribution in [0.25, 0.3) is 11.1 Å². The van der Waals surface area contributed by atoms with Gasteiger partial charge >= 0.3 is 12.1 Å². The van der Waals surface area contributed by atoms with Gasteiger partial charge in [0.25, 0.3) is 0 Å². The van der Waals surface area contributed by atoms with Crippen LogP contribution in [0.2, 0.25) is 0 Å². The SMILES string of the molecule is Cn1cc(-c2ccc([C@H]3C[C@@H]3N(CC3CCNCC3)C(=O)C(F)(F)F)cc2)cn1. The Bertz CT molecular complexity index is 856. The second-order valence-corrected chi connectivity index (χ2v) is 8.08. The number of nitrogens with one attached hydrogen (secondary N) is 1. The van der Waals surface area contributed by atoms with Crippen LogP contribution >= 0.6 is 0 Å². The average Bonchev–Trinajstić information content (AvgIpc) is 3.38. The third-order valence-corrected chi connectivity index (χ3v) is 5.95. The molecule has 2 atom stereocenters. The Hall–Kier alpha value is -2.35. The summed E-state index contributed by atoms with van der Waals surface area (Å²) in [5.74, 6) is -1.61. The summed E-state index contributed by atoms with van der Waals surface area (Å²) in [7, 11) is 1.85. The van der Waals surface area contributed by atoms with E-state index in [0.717, 1.165) is 47.5 Å². The Morgan fingerprint density at radius 2 is 1.90 bits per heavy atom. The number of piperidine rings is 1. The van der Waals surface area contributed by atoms with Gasteiger partial charge in [-0.05, 0) is 49.4 Å². The van der Waals surface area contributed by atoms with Crippen LogP contribution in [0.3, 0.4) is 0 Å². The number of aromatic nitrogens is 2. The van der Waals surface area contributed by atoms with Crippen molar-refractivity contribution in [3.05, 3.63) is 42.2 Å². The zero-order chi connectivity index (χ0) is 20.6. The molecule has 0 bridgehead atoms. The minimum atomic E-state index is -4.83. The van der Waals surface area contributed by atoms with E-state index in [1.54, 1.807) is 10.9 Å². The second kappa shape index (κ2) is 7.82. The fraction of sp³-hybridized carbons (Fsp3) is 0.524. The van der Waals surface area contributed by atoms with E-state index in [1.807, 2.05) is 37.5 Å². The predicted octanol–water partition coefficient (Wildman–Crippen LogP) is 3.33. The summed E-state index contributed by atoms with van der Waals surface area (Å²) in [6, 6.07) is 7.46. The molecule has 1 aromatic heterocycles. The maximum atomic E-state index is 13.2. The lowest BCUT2D eigenvalue weighted by Gasteiger charge is -2.31. The third-order valence-electron chi connectivity index (χ3n) is 5.95. The smallest absolute Gasteiger partial charge is 0.331 e. The Balaban J connectivity index is 1.47. The van der Waals surface area contributed by atoms with Crippen molar-refractivity contribution < 1.29 is 18.0 Å². The topological polar surface area (TPSA) is 50.2 Å². The second-order valence-electron chi connectivity index (χ2n) is 8.08. The molecule has 4 rings (SSSR count). The quantitative estimate of drug-likeness (QED) is 0.829. The lowest BCUT2D eigenvalue weighted by molar-refractivity contribution is -0.186. The van der Waals surface area contributed by atoms with Gasteiger partial charge in [0.1, 0.15) is 0 Å². The molecule has 1 aliphatic carbocycles. The molecule has 2 aliphatic rings. The van der Waals surface area contributed by atoms with Crippen LogP contribution in [-0.4, -0.2) is 52.4 Å². The van der Waals surface area contributed by atoms with Gasteiger partial charge in [0.05, 0.1) is 6.20 Å². The number of nitrogens with zero attached hydrogens (tertiary/aromatic N) is 3. The van der Waals surface area contributed by atoms with Crippen molar-refractivity contribution in [3.8, 4) is 11.1 Å². The van der Waals surface area contributed by atoms with E-state index in [0.29, 0.717) is 6.42 Å². The van der Waals surface area contributed by atoms with Gasteiger partial charge in [-0.15, -0.1) is 0 Å². The monoisotopic (exact) mass is 406 g/mol. The van der Waals surface area contributed by atoms with Crippen LogP contribution in [0.5, 0.6) is 0 Å². The van der Waals surface area contributed by atoms with Crippen LogP contribution in [0.15, 0.2) is 36.7 Å². The Morgan fingerprint density at radius 1 is 1.21 bits per heavy atom. The number of benzene rings is 1. The van der Waals surface area contributed by atoms with Gasteiger partial charge in [-0.1, -0.05) is 24.3 Å². The van der Waals surface area contributed by atoms with Gasteiger partial charge in [0, 0.05) is 37.3 Å². The first kappa shape index (κ1) is 19.9. The summed E-state index contributed by atoms with van der Waals surface area (Å²) in [4.78, 5) is 13.2. The van der Waals surface area contributed by atoms with Crippen LogP contribution in [0.1, 0.15) is 30.7 Å². The highest BCUT2D eigenvalue weighted by molar-refractivity contribution is 5.82. The minimum Gasteiger partial charge on any atom is -0.331 e. The normalized spacial score (nSPS) is 22.5. The maximum absolute atomic E-state index is 13.2. The van der Waals surface area contributed by atoms with Crippen molar-refractivity contribution in [2.75, 3.05) is 19.6 Å². The number of amides is 1. The summed E-state index contributed by atoms with van der Waals surface area (Å²) in [6.07, 6.45) is 1.05. The molecule has 0 radical (unpaired) electrons. The zero-order valence-corrected chi connectivity index (χ0v) is 16.3. The lowest BCUT2D eigenvalue weighted by atomic mass is 9.97. The van der Waals surface area contributed by atoms with Crippen LogP contribution in [0, 0.1) is 5.92 Å². The molecule has 2 aromatic rings. The molecule has 156 valence electrons. The van der Waals surface area contributed by atoms with Crippen molar-refractivity contribution in [2.45, 2.75) is 37.4 Å². The first-order chi connectivity index (χ1) is 13.8. The summed E-state index contributed by atoms with van der Waals surface area (Å²) in [5.41, 5.74) is 2.98. The van der Waals surface area contributed by atoms with Crippen molar-refractivity contribution in [1.82, 2.24) is 20.0 Å². The van der Waals surface area contributed by atoms with Crippen molar-refractivity contribution in [1.29, 1.82) is 0 Å². The third kappa shape index (κ3) is 4.47. The van der Waals surface area contributed by atoms with Gasteiger partial charge in [-0.25, -0.2) is 0 Å². The summed E-state index contributed by atoms with van der Waals surface area (Å²) < 4.78 is 41.3. The molecule has 0 unspecified atom stereocenters. The summed E-state index contributed by atoms with van der Waals surface area (Å²) in [6.45, 7) is 1.78. The molecular weight excluding hydrogens is 381 g/mol. The molecule has 29 heavy (non-hydrogen) atoms. The Morgan fingerprint density at radius 3 is 2.48 bits per heavy atom. The minimum absolute atomic E-state index is 0.0361. The fourth-order valence-electron chi connectivity index (χ4n) is 4.25. The average molecular weight is 406 g/mol. The number of alkyl halides is 3. The maximum Gasteiger partial charge on any atom is 0.471 e. The first-order valence-corrected chi connectivity index (χ1v) is 10.0. The van der Waals surface area contributed by atoms with E-state index in [2.05, 4.69) is 10.4 Å². The van der Waals surface area contributed by atoms with Crippen molar-refractivity contribution in [2.24, 2.45) is 13.0 Å². The molecule has 1 saturated carbocycles. The van der Waals surface area contributed by atoms with E-state index >= 15 is 0 Å². The van der Waals surface area contributed by atoms with E-state index < -0.39 is 12.1 Å². The number of halogens is 3. The lowest BCUT2D eigenvalue weighted by Crippen LogP contribution is -2.46. The molecule has 2 fully saturated rings. The van der Waals surface area contributed by atoms with E-state index in [9.17, 15) is 18.0 Å². The van der Waals surface area contributed by atoms with Gasteiger partial charge in [0.15, 0.2) is 0 Å². The molecule has 1 aliphatic heterocycles. The number of hydrogen-bond acceptors (Lipinski definition) is 3. The molecular formula is C21H25F3N4O. The van der Waals surface area contributed by atoms with E-state index in [4.69, 9.17) is 0 Å². The Kier molecular flexibility index (Phi) is 5.38. The van der Waals surface area contributed by atoms with Gasteiger partial charge < -0.3 is 10.2 Å². The molecule has 1 N–H and O–H groups in total. The summed E-state index contributed by atoms with van der Waals surface area (Å²) in [5, 5.41) is 7.37. The highest BCUT2D eigenvalue weighted by atomic mass is 19.4. The highest BCUT2D eigenvalue weighted by Crippen LogP contribution is 2.46. The van der Waals surface area contributed by atoms with Crippen molar-refractivity contribution in [3.63, 3.8) is 0 Å². The number of aryl methyl sites for hydroxylation is 1. The predicted molar refractivity (Wildman–Crippen MR) is 103 cm³/mol. The molecule has 1 amide bonds. The molecule has 2 heterocycles. The van der Waals surface area contributed by atoms with Gasteiger partial charge in [0.2, 0.25) is 0 Å². The van der Waals surface area contributed by atoms with Crippen molar-refractivity contribution >= 4 is 5.91 Å². The number of rotatable bonds is 5. The molecule has 1 saturated heterocycles. The number of hydrogen-bond donors (Lipinski definition) is 1. The highest BCUT2D eigenvalue weighted by Gasteiger charge is 2.52. The van der Waals surface area contributed by atoms with Crippen LogP contribution < -0.4 is 5.32 Å². The van der Waals surface area contributed by atoms with Crippen LogP contribution in [-0.2, 0) is 11.8 Å². The standard InChI is InChI=1S/C21H25F3N4O/c1-27-13-17(11-26-27)15-2-4-16(5-3-15)18-10-19(18)28(20(29)21(22,23)24)12-14-6-8-25-9-7-14/h2-5,11,13-14,18-19,25H,6-10,12H2,1H3/t18-,19+/m1/s1. The van der Waals surface area contributed by atoms with E-state index in [1.165, 1.54) is 0 Å². The van der Waals surface area contributed by atoms with E-state index in [-0.39, 0.29) is 24.4 Å². The van der Waals surface area contributed by atoms with Gasteiger partial charge in [-0.2, -0.15) is 18.3 Å². The largest absolute Gasteiger partial charge is 0.471 e. The summed E-state index contributed by atoms with van der Waals surface area (Å²) >= 11 is 0. The molecule has 1 aromatic carbocycles. The molecule has 8 heteroatoms. The van der Waals surface area contributed by atoms with Crippen LogP contribution in [0.4, 0.5) is 13.2 Å². The number of carbonyl (C=O) groups excluding carboxylic acids is 1. The fourth-order valence-corrected chi connectivity index (χ4v) is 4.25.